The van der Waals surface area contributed by atoms with Crippen molar-refractivity contribution in [3.63, 3.8) is 0 Å². The third-order valence-corrected chi connectivity index (χ3v) is 3.81. The van der Waals surface area contributed by atoms with Crippen molar-refractivity contribution in [3.05, 3.63) is 0 Å². The summed E-state index contributed by atoms with van der Waals surface area (Å²) in [6.07, 6.45) is 2.87. The van der Waals surface area contributed by atoms with Crippen LogP contribution in [0, 0.1) is 16.7 Å². The summed E-state index contributed by atoms with van der Waals surface area (Å²) >= 11 is 0. The van der Waals surface area contributed by atoms with Gasteiger partial charge in [0.05, 0.1) is 6.54 Å². The van der Waals surface area contributed by atoms with Gasteiger partial charge in [-0.15, -0.1) is 0 Å². The molecule has 0 spiro atoms. The van der Waals surface area contributed by atoms with Gasteiger partial charge in [0.25, 0.3) is 0 Å². The van der Waals surface area contributed by atoms with Gasteiger partial charge in [-0.25, -0.2) is 0 Å². The topological polar surface area (TPSA) is 70.2 Å². The zero-order valence-corrected chi connectivity index (χ0v) is 16.1. The van der Waals surface area contributed by atoms with E-state index in [9.17, 15) is 9.59 Å². The van der Waals surface area contributed by atoms with Gasteiger partial charge in [-0.05, 0) is 37.1 Å². The molecule has 0 saturated carbocycles. The first-order chi connectivity index (χ1) is 10.5. The molecule has 0 aliphatic heterocycles. The summed E-state index contributed by atoms with van der Waals surface area (Å²) in [6.45, 7) is 14.5. The lowest BCUT2D eigenvalue weighted by atomic mass is 9.66. The van der Waals surface area contributed by atoms with Gasteiger partial charge in [0.2, 0.25) is 11.8 Å². The van der Waals surface area contributed by atoms with Crippen molar-refractivity contribution in [1.82, 2.24) is 16.0 Å². The molecule has 0 aromatic heterocycles. The molecule has 0 bridgehead atoms. The van der Waals surface area contributed by atoms with Gasteiger partial charge in [0.15, 0.2) is 0 Å². The Hall–Kier alpha value is -1.10. The Morgan fingerprint density at radius 1 is 0.826 bits per heavy atom. The molecule has 0 aromatic carbocycles. The maximum absolute atomic E-state index is 12.5. The maximum Gasteiger partial charge on any atom is 0.233 e. The van der Waals surface area contributed by atoms with Crippen LogP contribution in [0.4, 0.5) is 0 Å². The van der Waals surface area contributed by atoms with E-state index in [0.29, 0.717) is 19.6 Å². The summed E-state index contributed by atoms with van der Waals surface area (Å²) in [7, 11) is 1.75. The van der Waals surface area contributed by atoms with Crippen LogP contribution in [0.3, 0.4) is 0 Å². The molecule has 5 nitrogen and oxygen atoms in total. The number of carbonyl (C=O) groups is 2. The van der Waals surface area contributed by atoms with Crippen molar-refractivity contribution in [2.24, 2.45) is 16.7 Å². The molecule has 0 fully saturated rings. The largest absolute Gasteiger partial charge is 0.356 e. The highest BCUT2D eigenvalue weighted by molar-refractivity contribution is 5.80. The minimum absolute atomic E-state index is 0.0177. The van der Waals surface area contributed by atoms with Crippen molar-refractivity contribution >= 4 is 11.8 Å². The molecule has 5 heteroatoms. The van der Waals surface area contributed by atoms with Gasteiger partial charge in [0.1, 0.15) is 0 Å². The van der Waals surface area contributed by atoms with Gasteiger partial charge in [-0.2, -0.15) is 0 Å². The first-order valence-corrected chi connectivity index (χ1v) is 8.69. The van der Waals surface area contributed by atoms with Gasteiger partial charge in [-0.1, -0.05) is 41.5 Å². The van der Waals surface area contributed by atoms with Crippen LogP contribution in [-0.4, -0.2) is 38.5 Å². The van der Waals surface area contributed by atoms with Crippen molar-refractivity contribution in [2.45, 2.75) is 60.8 Å². The second kappa shape index (κ2) is 9.91. The SMILES string of the molecule is CNCC(=O)NCCCCCNC(=O)C(C(C)(C)C)C(C)(C)C. The number of amides is 2. The van der Waals surface area contributed by atoms with Crippen LogP contribution in [0.5, 0.6) is 0 Å². The van der Waals surface area contributed by atoms with E-state index in [1.54, 1.807) is 7.05 Å². The van der Waals surface area contributed by atoms with Crippen molar-refractivity contribution < 1.29 is 9.59 Å². The fourth-order valence-electron chi connectivity index (χ4n) is 3.28. The predicted molar refractivity (Wildman–Crippen MR) is 96.2 cm³/mol. The molecule has 0 unspecified atom stereocenters. The highest BCUT2D eigenvalue weighted by atomic mass is 16.2. The quantitative estimate of drug-likeness (QED) is 0.569. The smallest absolute Gasteiger partial charge is 0.233 e. The van der Waals surface area contributed by atoms with Crippen molar-refractivity contribution in [1.29, 1.82) is 0 Å². The lowest BCUT2D eigenvalue weighted by molar-refractivity contribution is -0.133. The van der Waals surface area contributed by atoms with Crippen LogP contribution in [-0.2, 0) is 9.59 Å². The average Bonchev–Trinajstić information content (AvgIpc) is 2.34. The van der Waals surface area contributed by atoms with Gasteiger partial charge in [0, 0.05) is 19.0 Å². The number of hydrogen-bond donors (Lipinski definition) is 3. The van der Waals surface area contributed by atoms with E-state index in [1.807, 2.05) is 0 Å². The van der Waals surface area contributed by atoms with E-state index >= 15 is 0 Å². The summed E-state index contributed by atoms with van der Waals surface area (Å²) < 4.78 is 0. The molecular weight excluding hydrogens is 290 g/mol. The molecule has 0 rings (SSSR count). The Bertz CT molecular complexity index is 353. The second-order valence-electron chi connectivity index (χ2n) is 8.40. The Morgan fingerprint density at radius 3 is 1.74 bits per heavy atom. The van der Waals surface area contributed by atoms with Crippen LogP contribution < -0.4 is 16.0 Å². The molecule has 3 N–H and O–H groups in total. The second-order valence-corrected chi connectivity index (χ2v) is 8.40. The fraction of sp³-hybridized carbons (Fsp3) is 0.889. The highest BCUT2D eigenvalue weighted by Crippen LogP contribution is 2.39. The lowest BCUT2D eigenvalue weighted by Gasteiger charge is -2.39. The average molecular weight is 328 g/mol. The maximum atomic E-state index is 12.5. The highest BCUT2D eigenvalue weighted by Gasteiger charge is 2.40. The number of unbranched alkanes of at least 4 members (excludes halogenated alkanes) is 2. The zero-order valence-electron chi connectivity index (χ0n) is 16.1. The zero-order chi connectivity index (χ0) is 18.1. The normalized spacial score (nSPS) is 12.3. The molecule has 136 valence electrons. The van der Waals surface area contributed by atoms with E-state index in [4.69, 9.17) is 0 Å². The Labute approximate surface area is 142 Å². The number of hydrogen-bond acceptors (Lipinski definition) is 3. The van der Waals surface area contributed by atoms with Gasteiger partial charge < -0.3 is 16.0 Å². The minimum Gasteiger partial charge on any atom is -0.356 e. The molecule has 0 radical (unpaired) electrons. The number of likely N-dealkylation sites (N-methyl/N-ethyl adjacent to an activating group) is 1. The number of rotatable bonds is 9. The third-order valence-electron chi connectivity index (χ3n) is 3.81. The van der Waals surface area contributed by atoms with E-state index in [0.717, 1.165) is 19.3 Å². The number of nitrogens with one attached hydrogen (secondary N) is 3. The summed E-state index contributed by atoms with van der Waals surface area (Å²) in [5.74, 6) is 0.155. The summed E-state index contributed by atoms with van der Waals surface area (Å²) in [4.78, 5) is 23.8. The van der Waals surface area contributed by atoms with Crippen molar-refractivity contribution in [3.8, 4) is 0 Å². The predicted octanol–water partition coefficient (Wildman–Crippen LogP) is 2.32. The van der Waals surface area contributed by atoms with Crippen LogP contribution in [0.15, 0.2) is 0 Å². The first-order valence-electron chi connectivity index (χ1n) is 8.69. The van der Waals surface area contributed by atoms with Crippen LogP contribution in [0.1, 0.15) is 60.8 Å². The molecule has 0 aromatic rings. The molecular formula is C18H37N3O2. The molecule has 0 aliphatic carbocycles. The summed E-state index contributed by atoms with van der Waals surface area (Å²) in [5, 5.41) is 8.75. The molecule has 0 atom stereocenters. The molecule has 0 heterocycles. The standard InChI is InChI=1S/C18H37N3O2/c1-17(2,3)15(18(4,5)6)16(23)21-12-10-8-9-11-20-14(22)13-19-7/h15,19H,8-13H2,1-7H3,(H,20,22)(H,21,23). The van der Waals surface area contributed by atoms with Crippen LogP contribution >= 0.6 is 0 Å². The Morgan fingerprint density at radius 2 is 1.30 bits per heavy atom. The van der Waals surface area contributed by atoms with E-state index in [-0.39, 0.29) is 28.6 Å². The summed E-state index contributed by atoms with van der Waals surface area (Å²) in [5.41, 5.74) is -0.111. The van der Waals surface area contributed by atoms with E-state index in [2.05, 4.69) is 57.5 Å². The van der Waals surface area contributed by atoms with Crippen LogP contribution in [0.25, 0.3) is 0 Å². The first kappa shape index (κ1) is 21.9. The molecule has 23 heavy (non-hydrogen) atoms. The van der Waals surface area contributed by atoms with Crippen LogP contribution in [0.2, 0.25) is 0 Å². The minimum atomic E-state index is -0.0556. The lowest BCUT2D eigenvalue weighted by Crippen LogP contribution is -2.45. The van der Waals surface area contributed by atoms with Gasteiger partial charge in [-0.3, -0.25) is 9.59 Å². The molecule has 0 aliphatic rings. The summed E-state index contributed by atoms with van der Waals surface area (Å²) in [6, 6.07) is 0. The third kappa shape index (κ3) is 9.59. The monoisotopic (exact) mass is 327 g/mol. The van der Waals surface area contributed by atoms with Gasteiger partial charge >= 0.3 is 0 Å². The van der Waals surface area contributed by atoms with E-state index in [1.165, 1.54) is 0 Å². The molecule has 2 amide bonds. The van der Waals surface area contributed by atoms with Crippen molar-refractivity contribution in [2.75, 3.05) is 26.7 Å². The Balaban J connectivity index is 4.00. The van der Waals surface area contributed by atoms with E-state index < -0.39 is 0 Å². The number of carbonyl (C=O) groups excluding carboxylic acids is 2. The fourth-order valence-corrected chi connectivity index (χ4v) is 3.28. The molecule has 0 saturated heterocycles. The Kier molecular flexibility index (Phi) is 9.44.